The molecule has 0 unspecified atom stereocenters. The number of nitro groups is 1. The molecule has 9 heteroatoms. The van der Waals surface area contributed by atoms with Gasteiger partial charge in [-0.1, -0.05) is 28.1 Å². The number of non-ortho nitro benzene ring substituents is 1. The summed E-state index contributed by atoms with van der Waals surface area (Å²) in [5, 5.41) is 17.3. The Labute approximate surface area is 179 Å². The van der Waals surface area contributed by atoms with Gasteiger partial charge in [-0.15, -0.1) is 0 Å². The summed E-state index contributed by atoms with van der Waals surface area (Å²) in [5.74, 6) is -0.719. The lowest BCUT2D eigenvalue weighted by Gasteiger charge is -2.06. The van der Waals surface area contributed by atoms with E-state index in [4.69, 9.17) is 0 Å². The molecular weight excluding hydrogens is 452 g/mol. The number of carbonyl (C=O) groups is 2. The lowest BCUT2D eigenvalue weighted by atomic mass is 10.1. The van der Waals surface area contributed by atoms with E-state index < -0.39 is 10.8 Å². The summed E-state index contributed by atoms with van der Waals surface area (Å²) in [4.78, 5) is 34.7. The minimum atomic E-state index is -0.507. The number of rotatable bonds is 6. The summed E-state index contributed by atoms with van der Waals surface area (Å²) in [5.41, 5.74) is 4.17. The minimum Gasteiger partial charge on any atom is -0.322 e. The largest absolute Gasteiger partial charge is 0.322 e. The number of anilines is 1. The van der Waals surface area contributed by atoms with Gasteiger partial charge in [0.05, 0.1) is 11.1 Å². The van der Waals surface area contributed by atoms with E-state index in [9.17, 15) is 19.7 Å². The molecule has 0 aliphatic carbocycles. The highest BCUT2D eigenvalue weighted by atomic mass is 79.9. The molecule has 2 amide bonds. The molecule has 0 spiro atoms. The van der Waals surface area contributed by atoms with E-state index in [2.05, 4.69) is 31.8 Å². The van der Waals surface area contributed by atoms with Crippen LogP contribution in [0.1, 0.15) is 26.3 Å². The summed E-state index contributed by atoms with van der Waals surface area (Å²) in [7, 11) is 0. The van der Waals surface area contributed by atoms with E-state index in [1.165, 1.54) is 24.4 Å². The van der Waals surface area contributed by atoms with Gasteiger partial charge in [0, 0.05) is 39.0 Å². The van der Waals surface area contributed by atoms with Crippen molar-refractivity contribution in [1.29, 1.82) is 0 Å². The fraction of sp³-hybridized carbons (Fsp3) is 0. The molecule has 3 aromatic carbocycles. The van der Waals surface area contributed by atoms with Crippen LogP contribution in [-0.4, -0.2) is 23.0 Å². The molecule has 0 fully saturated rings. The first-order chi connectivity index (χ1) is 14.4. The van der Waals surface area contributed by atoms with Crippen molar-refractivity contribution in [3.8, 4) is 0 Å². The normalized spacial score (nSPS) is 10.6. The van der Waals surface area contributed by atoms with Crippen LogP contribution in [0.5, 0.6) is 0 Å². The van der Waals surface area contributed by atoms with Gasteiger partial charge in [0.2, 0.25) is 0 Å². The molecule has 0 heterocycles. The van der Waals surface area contributed by atoms with Gasteiger partial charge in [-0.05, 0) is 48.5 Å². The van der Waals surface area contributed by atoms with Crippen molar-refractivity contribution in [3.63, 3.8) is 0 Å². The van der Waals surface area contributed by atoms with Gasteiger partial charge in [0.25, 0.3) is 17.5 Å². The van der Waals surface area contributed by atoms with Gasteiger partial charge in [-0.2, -0.15) is 5.10 Å². The van der Waals surface area contributed by atoms with Crippen LogP contribution in [0.25, 0.3) is 0 Å². The fourth-order valence-corrected chi connectivity index (χ4v) is 2.72. The fourth-order valence-electron chi connectivity index (χ4n) is 2.46. The molecule has 3 rings (SSSR count). The average Bonchev–Trinajstić information content (AvgIpc) is 2.75. The maximum Gasteiger partial charge on any atom is 0.271 e. The number of hydrogen-bond acceptors (Lipinski definition) is 5. The monoisotopic (exact) mass is 466 g/mol. The van der Waals surface area contributed by atoms with E-state index in [1.54, 1.807) is 54.6 Å². The smallest absolute Gasteiger partial charge is 0.271 e. The van der Waals surface area contributed by atoms with Crippen LogP contribution in [0.3, 0.4) is 0 Å². The number of nitrogens with one attached hydrogen (secondary N) is 2. The number of nitro benzene ring substituents is 1. The molecule has 150 valence electrons. The predicted molar refractivity (Wildman–Crippen MR) is 117 cm³/mol. The Bertz CT molecular complexity index is 1110. The standard InChI is InChI=1S/C21H15BrN4O4/c22-17-8-4-15(5-9-17)20(27)24-18-10-6-16(7-11-18)21(28)25-23-13-14-2-1-3-19(12-14)26(29)30/h1-13H,(H,24,27)(H,25,28). The Kier molecular flexibility index (Phi) is 6.66. The third-order valence-electron chi connectivity index (χ3n) is 3.97. The quantitative estimate of drug-likeness (QED) is 0.318. The second-order valence-corrected chi connectivity index (χ2v) is 7.01. The summed E-state index contributed by atoms with van der Waals surface area (Å²) >= 11 is 3.32. The maximum absolute atomic E-state index is 12.2. The van der Waals surface area contributed by atoms with Crippen molar-refractivity contribution in [1.82, 2.24) is 5.43 Å². The third-order valence-corrected chi connectivity index (χ3v) is 4.50. The first-order valence-corrected chi connectivity index (χ1v) is 9.46. The number of hydrazone groups is 1. The molecule has 30 heavy (non-hydrogen) atoms. The zero-order valence-electron chi connectivity index (χ0n) is 15.4. The van der Waals surface area contributed by atoms with Crippen molar-refractivity contribution in [2.45, 2.75) is 0 Å². The summed E-state index contributed by atoms with van der Waals surface area (Å²) < 4.78 is 0.877. The second-order valence-electron chi connectivity index (χ2n) is 6.09. The molecule has 0 bridgehead atoms. The molecule has 2 N–H and O–H groups in total. The van der Waals surface area contributed by atoms with Crippen molar-refractivity contribution in [2.75, 3.05) is 5.32 Å². The number of carbonyl (C=O) groups excluding carboxylic acids is 2. The van der Waals surface area contributed by atoms with Crippen molar-refractivity contribution < 1.29 is 14.5 Å². The Hall–Kier alpha value is -3.85. The zero-order valence-corrected chi connectivity index (χ0v) is 17.0. The van der Waals surface area contributed by atoms with Gasteiger partial charge in [-0.25, -0.2) is 5.43 Å². The molecule has 0 saturated heterocycles. The van der Waals surface area contributed by atoms with Crippen LogP contribution in [-0.2, 0) is 0 Å². The number of benzene rings is 3. The van der Waals surface area contributed by atoms with Crippen LogP contribution in [0.2, 0.25) is 0 Å². The Morgan fingerprint density at radius 1 is 0.933 bits per heavy atom. The van der Waals surface area contributed by atoms with Crippen molar-refractivity contribution >= 4 is 45.3 Å². The molecule has 0 atom stereocenters. The van der Waals surface area contributed by atoms with Gasteiger partial charge >= 0.3 is 0 Å². The highest BCUT2D eigenvalue weighted by molar-refractivity contribution is 9.10. The van der Waals surface area contributed by atoms with Crippen LogP contribution < -0.4 is 10.7 Å². The lowest BCUT2D eigenvalue weighted by molar-refractivity contribution is -0.384. The number of nitrogens with zero attached hydrogens (tertiary/aromatic N) is 2. The predicted octanol–water partition coefficient (Wildman–Crippen LogP) is 4.37. The highest BCUT2D eigenvalue weighted by Crippen LogP contribution is 2.14. The van der Waals surface area contributed by atoms with Gasteiger partial charge in [-0.3, -0.25) is 19.7 Å². The van der Waals surface area contributed by atoms with Crippen molar-refractivity contribution in [2.24, 2.45) is 5.10 Å². The van der Waals surface area contributed by atoms with Crippen LogP contribution in [0.4, 0.5) is 11.4 Å². The van der Waals surface area contributed by atoms with Crippen LogP contribution in [0, 0.1) is 10.1 Å². The van der Waals surface area contributed by atoms with Gasteiger partial charge < -0.3 is 5.32 Å². The molecule has 0 saturated carbocycles. The van der Waals surface area contributed by atoms with E-state index >= 15 is 0 Å². The van der Waals surface area contributed by atoms with E-state index in [0.717, 1.165) is 4.47 Å². The first kappa shape index (κ1) is 20.9. The molecule has 8 nitrogen and oxygen atoms in total. The van der Waals surface area contributed by atoms with Crippen LogP contribution in [0.15, 0.2) is 82.4 Å². The Morgan fingerprint density at radius 2 is 1.57 bits per heavy atom. The van der Waals surface area contributed by atoms with E-state index in [1.807, 2.05) is 0 Å². The molecule has 3 aromatic rings. The molecule has 0 radical (unpaired) electrons. The molecular formula is C21H15BrN4O4. The first-order valence-electron chi connectivity index (χ1n) is 8.67. The van der Waals surface area contributed by atoms with Crippen molar-refractivity contribution in [3.05, 3.63) is 104 Å². The highest BCUT2D eigenvalue weighted by Gasteiger charge is 2.08. The molecule has 0 aromatic heterocycles. The zero-order chi connectivity index (χ0) is 21.5. The van der Waals surface area contributed by atoms with E-state index in [0.29, 0.717) is 22.4 Å². The SMILES string of the molecule is O=C(NN=Cc1cccc([N+](=O)[O-])c1)c1ccc(NC(=O)c2ccc(Br)cc2)cc1. The Balaban J connectivity index is 1.58. The summed E-state index contributed by atoms with van der Waals surface area (Å²) in [6.07, 6.45) is 1.32. The number of hydrogen-bond donors (Lipinski definition) is 2. The average molecular weight is 467 g/mol. The van der Waals surface area contributed by atoms with E-state index in [-0.39, 0.29) is 11.6 Å². The second kappa shape index (κ2) is 9.57. The van der Waals surface area contributed by atoms with Gasteiger partial charge in [0.1, 0.15) is 0 Å². The maximum atomic E-state index is 12.2. The topological polar surface area (TPSA) is 114 Å². The minimum absolute atomic E-state index is 0.0638. The molecule has 0 aliphatic heterocycles. The van der Waals surface area contributed by atoms with Gasteiger partial charge in [0.15, 0.2) is 0 Å². The third kappa shape index (κ3) is 5.58. The van der Waals surface area contributed by atoms with Crippen LogP contribution >= 0.6 is 15.9 Å². The number of halogens is 1. The molecule has 0 aliphatic rings. The summed E-state index contributed by atoms with van der Waals surface area (Å²) in [6.45, 7) is 0. The summed E-state index contributed by atoms with van der Waals surface area (Å²) in [6, 6.07) is 19.1. The number of amides is 2. The Morgan fingerprint density at radius 3 is 2.23 bits per heavy atom. The lowest BCUT2D eigenvalue weighted by Crippen LogP contribution is -2.17.